The lowest BCUT2D eigenvalue weighted by Crippen LogP contribution is -2.47. The molecule has 6 rings (SSSR count). The fraction of sp³-hybridized carbons (Fsp3) is 0.0645. The number of thiophene rings is 1. The third kappa shape index (κ3) is 4.04. The average molecular weight is 489 g/mol. The number of nitrogens with zero attached hydrogens (tertiary/aromatic N) is 2. The second kappa shape index (κ2) is 9.36. The molecule has 36 heavy (non-hydrogen) atoms. The number of fused-ring (bicyclic) bond motifs is 1. The Hall–Kier alpha value is -4.35. The highest BCUT2D eigenvalue weighted by atomic mass is 32.1. The Morgan fingerprint density at radius 3 is 2.08 bits per heavy atom. The SMILES string of the molecule is CN1c2ccccc2C(=O)N(c2ccccc2)C1c1ccc(-c2ccc(Oc3ccccc3)cc2)s1. The fourth-order valence-electron chi connectivity index (χ4n) is 4.63. The van der Waals surface area contributed by atoms with Crippen molar-refractivity contribution in [2.24, 2.45) is 0 Å². The summed E-state index contributed by atoms with van der Waals surface area (Å²) in [5, 5.41) is 0. The molecule has 176 valence electrons. The number of rotatable bonds is 5. The maximum atomic E-state index is 13.7. The third-order valence-electron chi connectivity index (χ3n) is 6.38. The molecule has 0 N–H and O–H groups in total. The minimum Gasteiger partial charge on any atom is -0.457 e. The molecule has 5 aromatic rings. The molecule has 4 aromatic carbocycles. The van der Waals surface area contributed by atoms with E-state index < -0.39 is 0 Å². The number of carbonyl (C=O) groups excluding carboxylic acids is 1. The minimum atomic E-state index is -0.241. The van der Waals surface area contributed by atoms with Crippen molar-refractivity contribution in [3.63, 3.8) is 0 Å². The van der Waals surface area contributed by atoms with Crippen molar-refractivity contribution in [3.05, 3.63) is 132 Å². The minimum absolute atomic E-state index is 0.0114. The Kier molecular flexibility index (Phi) is 5.76. The molecule has 0 saturated carbocycles. The van der Waals surface area contributed by atoms with E-state index in [0.717, 1.165) is 38.2 Å². The molecule has 0 bridgehead atoms. The van der Waals surface area contributed by atoms with Gasteiger partial charge in [-0.1, -0.05) is 48.5 Å². The topological polar surface area (TPSA) is 32.8 Å². The Morgan fingerprint density at radius 2 is 1.33 bits per heavy atom. The zero-order chi connectivity index (χ0) is 24.5. The number of hydrogen-bond acceptors (Lipinski definition) is 4. The summed E-state index contributed by atoms with van der Waals surface area (Å²) in [6.07, 6.45) is -0.241. The van der Waals surface area contributed by atoms with Crippen LogP contribution in [0.15, 0.2) is 121 Å². The summed E-state index contributed by atoms with van der Waals surface area (Å²) in [5.74, 6) is 1.62. The molecule has 0 spiro atoms. The number of anilines is 2. The van der Waals surface area contributed by atoms with Crippen molar-refractivity contribution in [1.29, 1.82) is 0 Å². The van der Waals surface area contributed by atoms with E-state index in [4.69, 9.17) is 4.74 Å². The van der Waals surface area contributed by atoms with E-state index in [9.17, 15) is 4.79 Å². The predicted molar refractivity (Wildman–Crippen MR) is 147 cm³/mol. The van der Waals surface area contributed by atoms with Crippen LogP contribution in [0, 0.1) is 0 Å². The van der Waals surface area contributed by atoms with Crippen molar-refractivity contribution in [3.8, 4) is 21.9 Å². The van der Waals surface area contributed by atoms with Crippen LogP contribution in [0.3, 0.4) is 0 Å². The Bertz CT molecular complexity index is 1500. The molecule has 1 amide bonds. The average Bonchev–Trinajstić information content (AvgIpc) is 3.42. The Morgan fingerprint density at radius 1 is 0.694 bits per heavy atom. The fourth-order valence-corrected chi connectivity index (χ4v) is 5.78. The van der Waals surface area contributed by atoms with Crippen LogP contribution in [0.5, 0.6) is 11.5 Å². The Labute approximate surface area is 214 Å². The van der Waals surface area contributed by atoms with Gasteiger partial charge in [-0.15, -0.1) is 11.3 Å². The summed E-state index contributed by atoms with van der Waals surface area (Å²) < 4.78 is 5.94. The van der Waals surface area contributed by atoms with Crippen LogP contribution in [0.1, 0.15) is 21.4 Å². The predicted octanol–water partition coefficient (Wildman–Crippen LogP) is 8.00. The smallest absolute Gasteiger partial charge is 0.262 e. The maximum absolute atomic E-state index is 13.7. The highest BCUT2D eigenvalue weighted by Gasteiger charge is 2.38. The second-order valence-corrected chi connectivity index (χ2v) is 9.77. The van der Waals surface area contributed by atoms with Crippen molar-refractivity contribution in [1.82, 2.24) is 0 Å². The number of benzene rings is 4. The molecule has 1 aromatic heterocycles. The quantitative estimate of drug-likeness (QED) is 0.251. The molecule has 5 heteroatoms. The lowest BCUT2D eigenvalue weighted by Gasteiger charge is -2.43. The summed E-state index contributed by atoms with van der Waals surface area (Å²) in [6.45, 7) is 0. The van der Waals surface area contributed by atoms with E-state index in [2.05, 4.69) is 36.2 Å². The normalized spacial score (nSPS) is 15.0. The van der Waals surface area contributed by atoms with Gasteiger partial charge in [0.1, 0.15) is 17.7 Å². The van der Waals surface area contributed by atoms with Crippen LogP contribution in [0.2, 0.25) is 0 Å². The monoisotopic (exact) mass is 488 g/mol. The van der Waals surface area contributed by atoms with Crippen molar-refractivity contribution < 1.29 is 9.53 Å². The first-order valence-electron chi connectivity index (χ1n) is 11.8. The van der Waals surface area contributed by atoms with Gasteiger partial charge in [0.05, 0.1) is 11.3 Å². The van der Waals surface area contributed by atoms with Crippen molar-refractivity contribution in [2.75, 3.05) is 16.8 Å². The molecule has 4 nitrogen and oxygen atoms in total. The van der Waals surface area contributed by atoms with Gasteiger partial charge >= 0.3 is 0 Å². The molecule has 2 heterocycles. The lowest BCUT2D eigenvalue weighted by molar-refractivity contribution is 0.0970. The van der Waals surface area contributed by atoms with Crippen LogP contribution >= 0.6 is 11.3 Å². The van der Waals surface area contributed by atoms with E-state index in [-0.39, 0.29) is 12.1 Å². The van der Waals surface area contributed by atoms with Gasteiger partial charge < -0.3 is 9.64 Å². The number of para-hydroxylation sites is 3. The number of hydrogen-bond donors (Lipinski definition) is 0. The van der Waals surface area contributed by atoms with Gasteiger partial charge in [0.15, 0.2) is 0 Å². The van der Waals surface area contributed by atoms with Crippen LogP contribution < -0.4 is 14.5 Å². The summed E-state index contributed by atoms with van der Waals surface area (Å²) in [7, 11) is 2.06. The molecule has 1 atom stereocenters. The molecule has 0 radical (unpaired) electrons. The van der Waals surface area contributed by atoms with E-state index in [1.165, 1.54) is 0 Å². The molecule has 0 fully saturated rings. The highest BCUT2D eigenvalue weighted by Crippen LogP contribution is 2.43. The molecule has 0 saturated heterocycles. The van der Waals surface area contributed by atoms with E-state index in [1.54, 1.807) is 11.3 Å². The first-order valence-corrected chi connectivity index (χ1v) is 12.6. The molecule has 0 aliphatic carbocycles. The second-order valence-electron chi connectivity index (χ2n) is 8.65. The summed E-state index contributed by atoms with van der Waals surface area (Å²) in [5.41, 5.74) is 3.65. The van der Waals surface area contributed by atoms with E-state index in [0.29, 0.717) is 5.56 Å². The highest BCUT2D eigenvalue weighted by molar-refractivity contribution is 7.15. The first kappa shape index (κ1) is 22.1. The van der Waals surface area contributed by atoms with E-state index >= 15 is 0 Å². The van der Waals surface area contributed by atoms with Crippen LogP contribution in [0.4, 0.5) is 11.4 Å². The van der Waals surface area contributed by atoms with Gasteiger partial charge in [0.25, 0.3) is 5.91 Å². The molecule has 1 unspecified atom stereocenters. The van der Waals surface area contributed by atoms with Crippen LogP contribution in [0.25, 0.3) is 10.4 Å². The van der Waals surface area contributed by atoms with Gasteiger partial charge in [-0.2, -0.15) is 0 Å². The Balaban J connectivity index is 1.34. The van der Waals surface area contributed by atoms with Crippen LogP contribution in [-0.2, 0) is 0 Å². The van der Waals surface area contributed by atoms with Crippen molar-refractivity contribution >= 4 is 28.6 Å². The van der Waals surface area contributed by atoms with E-state index in [1.807, 2.05) is 102 Å². The van der Waals surface area contributed by atoms with Gasteiger partial charge in [-0.3, -0.25) is 9.69 Å². The van der Waals surface area contributed by atoms with Gasteiger partial charge in [-0.25, -0.2) is 0 Å². The molecular formula is C31H24N2O2S. The lowest BCUT2D eigenvalue weighted by atomic mass is 10.0. The number of carbonyl (C=O) groups is 1. The molecular weight excluding hydrogens is 464 g/mol. The first-order chi connectivity index (χ1) is 17.7. The number of amides is 1. The molecule has 1 aliphatic heterocycles. The third-order valence-corrected chi connectivity index (χ3v) is 7.55. The van der Waals surface area contributed by atoms with Gasteiger partial charge in [0, 0.05) is 22.5 Å². The summed E-state index contributed by atoms with van der Waals surface area (Å²) in [6, 6.07) is 39.9. The van der Waals surface area contributed by atoms with Gasteiger partial charge in [0.2, 0.25) is 0 Å². The van der Waals surface area contributed by atoms with Crippen molar-refractivity contribution in [2.45, 2.75) is 6.17 Å². The zero-order valence-electron chi connectivity index (χ0n) is 19.7. The van der Waals surface area contributed by atoms with Crippen LogP contribution in [-0.4, -0.2) is 13.0 Å². The largest absolute Gasteiger partial charge is 0.457 e. The standard InChI is InChI=1S/C31H24N2O2S/c1-32-27-15-9-8-14-26(27)31(34)33(23-10-4-2-5-11-23)30(32)29-21-20-28(36-29)22-16-18-25(19-17-22)35-24-12-6-3-7-13-24/h2-21,30H,1H3. The number of ether oxygens (including phenoxy) is 1. The maximum Gasteiger partial charge on any atom is 0.262 e. The molecule has 1 aliphatic rings. The zero-order valence-corrected chi connectivity index (χ0v) is 20.6. The summed E-state index contributed by atoms with van der Waals surface area (Å²) in [4.78, 5) is 20.0. The van der Waals surface area contributed by atoms with Gasteiger partial charge in [-0.05, 0) is 78.4 Å². The summed E-state index contributed by atoms with van der Waals surface area (Å²) >= 11 is 1.70.